The molecule has 2 N–H and O–H groups in total. The predicted molar refractivity (Wildman–Crippen MR) is 156 cm³/mol. The predicted octanol–water partition coefficient (Wildman–Crippen LogP) is 6.23. The van der Waals surface area contributed by atoms with Crippen LogP contribution in [0, 0.1) is 5.82 Å². The first kappa shape index (κ1) is 27.8. The minimum atomic E-state index is -0.694. The van der Waals surface area contributed by atoms with Gasteiger partial charge in [-0.05, 0) is 66.7 Å². The van der Waals surface area contributed by atoms with Crippen molar-refractivity contribution in [2.45, 2.75) is 4.90 Å². The number of halogens is 2. The minimum Gasteiger partial charge on any atom is -0.321 e. The van der Waals surface area contributed by atoms with Crippen LogP contribution in [0.25, 0.3) is 6.08 Å². The summed E-state index contributed by atoms with van der Waals surface area (Å²) in [6.07, 6.45) is 1.18. The number of imide groups is 1. The molecular formula is C31H21ClFN3O4S. The molecule has 1 aliphatic heterocycles. The summed E-state index contributed by atoms with van der Waals surface area (Å²) in [6.45, 7) is 0. The normalized spacial score (nSPS) is 12.7. The lowest BCUT2D eigenvalue weighted by Gasteiger charge is -2.14. The van der Waals surface area contributed by atoms with Crippen LogP contribution in [-0.4, -0.2) is 34.4 Å². The van der Waals surface area contributed by atoms with Crippen LogP contribution in [0.3, 0.4) is 0 Å². The van der Waals surface area contributed by atoms with Crippen molar-refractivity contribution in [3.05, 3.63) is 136 Å². The summed E-state index contributed by atoms with van der Waals surface area (Å²) in [5.74, 6) is -2.46. The van der Waals surface area contributed by atoms with E-state index in [2.05, 4.69) is 10.6 Å². The van der Waals surface area contributed by atoms with Gasteiger partial charge in [-0.15, -0.1) is 11.8 Å². The molecule has 10 heteroatoms. The fourth-order valence-electron chi connectivity index (χ4n) is 4.06. The summed E-state index contributed by atoms with van der Waals surface area (Å²) < 4.78 is 14.5. The Labute approximate surface area is 244 Å². The van der Waals surface area contributed by atoms with Crippen LogP contribution in [-0.2, 0) is 4.79 Å². The van der Waals surface area contributed by atoms with Crippen molar-refractivity contribution in [2.24, 2.45) is 0 Å². The topological polar surface area (TPSA) is 95.6 Å². The number of benzene rings is 4. The third-order valence-electron chi connectivity index (χ3n) is 6.17. The lowest BCUT2D eigenvalue weighted by molar-refractivity contribution is -0.113. The molecule has 0 spiro atoms. The van der Waals surface area contributed by atoms with Crippen LogP contribution in [0.5, 0.6) is 0 Å². The standard InChI is InChI=1S/C31H21ClFN3O4S/c32-25-11-6-12-26(33)24(25)17-27(35-28(37)19-7-2-1-3-8-19)29(38)34-20-13-15-21(16-14-20)41-18-36-30(39)22-9-4-5-10-23(22)31(36)40/h1-17H,18H2,(H,34,38)(H,35,37)/b27-17-. The molecule has 0 bridgehead atoms. The van der Waals surface area contributed by atoms with Crippen LogP contribution in [0.4, 0.5) is 10.1 Å². The summed E-state index contributed by atoms with van der Waals surface area (Å²) in [5, 5.41) is 5.31. The van der Waals surface area contributed by atoms with Crippen LogP contribution in [0.15, 0.2) is 108 Å². The van der Waals surface area contributed by atoms with Crippen molar-refractivity contribution in [1.29, 1.82) is 0 Å². The largest absolute Gasteiger partial charge is 0.321 e. The summed E-state index contributed by atoms with van der Waals surface area (Å²) in [7, 11) is 0. The number of hydrogen-bond donors (Lipinski definition) is 2. The molecule has 0 saturated heterocycles. The monoisotopic (exact) mass is 585 g/mol. The number of nitrogens with zero attached hydrogens (tertiary/aromatic N) is 1. The zero-order valence-electron chi connectivity index (χ0n) is 21.3. The molecule has 0 atom stereocenters. The van der Waals surface area contributed by atoms with Crippen LogP contribution in [0.2, 0.25) is 5.02 Å². The summed E-state index contributed by atoms with van der Waals surface area (Å²) in [5.41, 5.74) is 1.22. The number of carbonyl (C=O) groups excluding carboxylic acids is 4. The van der Waals surface area contributed by atoms with Gasteiger partial charge in [-0.2, -0.15) is 0 Å². The fraction of sp³-hybridized carbons (Fsp3) is 0.0323. The molecular weight excluding hydrogens is 565 g/mol. The fourth-order valence-corrected chi connectivity index (χ4v) is 5.12. The Balaban J connectivity index is 1.29. The first-order chi connectivity index (χ1) is 19.8. The van der Waals surface area contributed by atoms with Crippen LogP contribution >= 0.6 is 23.4 Å². The molecule has 0 saturated carbocycles. The number of hydrogen-bond acceptors (Lipinski definition) is 5. The van der Waals surface area contributed by atoms with Gasteiger partial charge < -0.3 is 10.6 Å². The maximum absolute atomic E-state index is 14.5. The second kappa shape index (κ2) is 12.2. The third-order valence-corrected chi connectivity index (χ3v) is 7.49. The van der Waals surface area contributed by atoms with Gasteiger partial charge in [0.15, 0.2) is 0 Å². The molecule has 4 aromatic rings. The highest BCUT2D eigenvalue weighted by Crippen LogP contribution is 2.28. The Kier molecular flexibility index (Phi) is 8.28. The average molecular weight is 586 g/mol. The molecule has 204 valence electrons. The Bertz CT molecular complexity index is 1640. The Morgan fingerprint density at radius 1 is 0.829 bits per heavy atom. The molecule has 0 radical (unpaired) electrons. The van der Waals surface area contributed by atoms with E-state index in [0.717, 1.165) is 4.90 Å². The van der Waals surface area contributed by atoms with Crippen molar-refractivity contribution in [3.63, 3.8) is 0 Å². The maximum Gasteiger partial charge on any atom is 0.272 e. The van der Waals surface area contributed by atoms with Crippen molar-refractivity contribution in [2.75, 3.05) is 11.2 Å². The van der Waals surface area contributed by atoms with E-state index in [4.69, 9.17) is 11.6 Å². The number of anilines is 1. The van der Waals surface area contributed by atoms with E-state index in [0.29, 0.717) is 22.4 Å². The first-order valence-corrected chi connectivity index (χ1v) is 13.7. The average Bonchev–Trinajstić information content (AvgIpc) is 3.23. The number of fused-ring (bicyclic) bond motifs is 1. The molecule has 1 aliphatic rings. The smallest absolute Gasteiger partial charge is 0.272 e. The van der Waals surface area contributed by atoms with Gasteiger partial charge in [0.1, 0.15) is 11.5 Å². The number of amides is 4. The highest BCUT2D eigenvalue weighted by Gasteiger charge is 2.34. The van der Waals surface area contributed by atoms with Gasteiger partial charge in [-0.3, -0.25) is 24.1 Å². The number of thioether (sulfide) groups is 1. The van der Waals surface area contributed by atoms with E-state index in [1.54, 1.807) is 78.9 Å². The van der Waals surface area contributed by atoms with Crippen molar-refractivity contribution < 1.29 is 23.6 Å². The zero-order chi connectivity index (χ0) is 28.9. The summed E-state index contributed by atoms with van der Waals surface area (Å²) >= 11 is 7.44. The summed E-state index contributed by atoms with van der Waals surface area (Å²) in [6, 6.07) is 25.8. The lowest BCUT2D eigenvalue weighted by atomic mass is 10.1. The molecule has 41 heavy (non-hydrogen) atoms. The van der Waals surface area contributed by atoms with Gasteiger partial charge in [0.2, 0.25) is 0 Å². The van der Waals surface area contributed by atoms with Gasteiger partial charge in [0.05, 0.1) is 22.0 Å². The van der Waals surface area contributed by atoms with Gasteiger partial charge >= 0.3 is 0 Å². The van der Waals surface area contributed by atoms with Gasteiger partial charge in [0, 0.05) is 21.7 Å². The molecule has 4 amide bonds. The van der Waals surface area contributed by atoms with E-state index in [9.17, 15) is 23.6 Å². The molecule has 5 rings (SSSR count). The highest BCUT2D eigenvalue weighted by atomic mass is 35.5. The molecule has 4 aromatic carbocycles. The second-order valence-electron chi connectivity index (χ2n) is 8.85. The van der Waals surface area contributed by atoms with E-state index < -0.39 is 17.6 Å². The van der Waals surface area contributed by atoms with E-state index in [1.165, 1.54) is 40.9 Å². The molecule has 0 unspecified atom stereocenters. The van der Waals surface area contributed by atoms with Gasteiger partial charge in [-0.25, -0.2) is 4.39 Å². The first-order valence-electron chi connectivity index (χ1n) is 12.3. The van der Waals surface area contributed by atoms with Gasteiger partial charge in [-0.1, -0.05) is 48.0 Å². The Morgan fingerprint density at radius 3 is 2.10 bits per heavy atom. The molecule has 0 aliphatic carbocycles. The lowest BCUT2D eigenvalue weighted by Crippen LogP contribution is -2.30. The maximum atomic E-state index is 14.5. The molecule has 7 nitrogen and oxygen atoms in total. The van der Waals surface area contributed by atoms with Crippen LogP contribution in [0.1, 0.15) is 36.6 Å². The van der Waals surface area contributed by atoms with E-state index >= 15 is 0 Å². The Hall–Kier alpha value is -4.73. The second-order valence-corrected chi connectivity index (χ2v) is 10.3. The molecule has 1 heterocycles. The van der Waals surface area contributed by atoms with E-state index in [-0.39, 0.29) is 34.0 Å². The zero-order valence-corrected chi connectivity index (χ0v) is 22.8. The quantitative estimate of drug-likeness (QED) is 0.145. The number of nitrogens with one attached hydrogen (secondary N) is 2. The SMILES string of the molecule is O=C(Nc1ccc(SCN2C(=O)c3ccccc3C2=O)cc1)/C(=C/c1c(F)cccc1Cl)NC(=O)c1ccccc1. The number of rotatable bonds is 8. The van der Waals surface area contributed by atoms with Crippen molar-refractivity contribution in [1.82, 2.24) is 10.2 Å². The summed E-state index contributed by atoms with van der Waals surface area (Å²) in [4.78, 5) is 53.1. The van der Waals surface area contributed by atoms with E-state index in [1.807, 2.05) is 0 Å². The Morgan fingerprint density at radius 2 is 1.46 bits per heavy atom. The van der Waals surface area contributed by atoms with Gasteiger partial charge in [0.25, 0.3) is 23.6 Å². The third kappa shape index (κ3) is 6.21. The van der Waals surface area contributed by atoms with Crippen LogP contribution < -0.4 is 10.6 Å². The minimum absolute atomic E-state index is 0.0485. The highest BCUT2D eigenvalue weighted by molar-refractivity contribution is 7.99. The molecule has 0 aromatic heterocycles. The van der Waals surface area contributed by atoms with Crippen molar-refractivity contribution in [3.8, 4) is 0 Å². The number of carbonyl (C=O) groups is 4. The van der Waals surface area contributed by atoms with Crippen molar-refractivity contribution >= 4 is 58.8 Å². The molecule has 0 fully saturated rings.